The number of carbonyl (C=O) groups is 1. The number of nitrogens with zero attached hydrogens (tertiary/aromatic N) is 1. The van der Waals surface area contributed by atoms with Crippen molar-refractivity contribution in [3.63, 3.8) is 0 Å². The first-order valence-corrected chi connectivity index (χ1v) is 4.71. The third kappa shape index (κ3) is 3.85. The molecule has 15 heavy (non-hydrogen) atoms. The number of benzene rings is 1. The highest BCUT2D eigenvalue weighted by Gasteiger charge is 2.06. The maximum Gasteiger partial charge on any atom is 0.196 e. The van der Waals surface area contributed by atoms with E-state index in [1.165, 1.54) is 6.92 Å². The summed E-state index contributed by atoms with van der Waals surface area (Å²) in [6.45, 7) is 1.48. The molecule has 0 heterocycles. The topological polar surface area (TPSA) is 29.5 Å². The van der Waals surface area contributed by atoms with Crippen LogP contribution in [0.2, 0.25) is 0 Å². The summed E-state index contributed by atoms with van der Waals surface area (Å²) in [7, 11) is 3.69. The largest absolute Gasteiger partial charge is 0.452 e. The van der Waals surface area contributed by atoms with Crippen molar-refractivity contribution in [3.05, 3.63) is 42.3 Å². The van der Waals surface area contributed by atoms with Gasteiger partial charge in [0, 0.05) is 27.2 Å². The lowest BCUT2D eigenvalue weighted by molar-refractivity contribution is -0.115. The van der Waals surface area contributed by atoms with Crippen molar-refractivity contribution >= 4 is 5.78 Å². The van der Waals surface area contributed by atoms with Crippen LogP contribution in [0.4, 0.5) is 0 Å². The number of ketones is 1. The fourth-order valence-corrected chi connectivity index (χ4v) is 1.04. The molecule has 0 saturated heterocycles. The van der Waals surface area contributed by atoms with Crippen LogP contribution in [0.15, 0.2) is 42.3 Å². The lowest BCUT2D eigenvalue weighted by atomic mass is 10.3. The zero-order valence-electron chi connectivity index (χ0n) is 9.23. The van der Waals surface area contributed by atoms with Crippen LogP contribution in [-0.2, 0) is 4.79 Å². The Balaban J connectivity index is 2.81. The molecule has 0 radical (unpaired) electrons. The minimum atomic E-state index is -0.0902. The Morgan fingerprint density at radius 3 is 2.33 bits per heavy atom. The maximum atomic E-state index is 11.3. The molecule has 0 N–H and O–H groups in total. The van der Waals surface area contributed by atoms with Gasteiger partial charge in [-0.15, -0.1) is 0 Å². The Hall–Kier alpha value is -1.77. The van der Waals surface area contributed by atoms with Crippen molar-refractivity contribution in [2.75, 3.05) is 14.1 Å². The average Bonchev–Trinajstić information content (AvgIpc) is 2.17. The summed E-state index contributed by atoms with van der Waals surface area (Å²) in [6.07, 6.45) is 1.66. The van der Waals surface area contributed by atoms with Crippen molar-refractivity contribution in [1.29, 1.82) is 0 Å². The molecule has 0 aromatic heterocycles. The predicted octanol–water partition coefficient (Wildman–Crippen LogP) is 2.06. The second-order valence-electron chi connectivity index (χ2n) is 3.43. The minimum Gasteiger partial charge on any atom is -0.452 e. The molecule has 0 unspecified atom stereocenters. The number of rotatable bonds is 4. The molecule has 0 aliphatic rings. The van der Waals surface area contributed by atoms with Crippen molar-refractivity contribution in [1.82, 2.24) is 4.90 Å². The van der Waals surface area contributed by atoms with Gasteiger partial charge in [0.2, 0.25) is 0 Å². The summed E-state index contributed by atoms with van der Waals surface area (Å²) >= 11 is 0. The highest BCUT2D eigenvalue weighted by atomic mass is 16.5. The SMILES string of the molecule is CC(=O)C(=CN(C)C)Oc1ccccc1. The number of allylic oxidation sites excluding steroid dienone is 1. The number of hydrogen-bond acceptors (Lipinski definition) is 3. The number of ether oxygens (including phenoxy) is 1. The zero-order valence-corrected chi connectivity index (χ0v) is 9.23. The summed E-state index contributed by atoms with van der Waals surface area (Å²) in [6, 6.07) is 9.25. The third-order valence-corrected chi connectivity index (χ3v) is 1.69. The molecule has 1 rings (SSSR count). The van der Waals surface area contributed by atoms with Crippen molar-refractivity contribution in [2.45, 2.75) is 6.92 Å². The van der Waals surface area contributed by atoms with Crippen LogP contribution < -0.4 is 4.74 Å². The van der Waals surface area contributed by atoms with E-state index >= 15 is 0 Å². The molecule has 80 valence electrons. The fourth-order valence-electron chi connectivity index (χ4n) is 1.04. The van der Waals surface area contributed by atoms with Gasteiger partial charge < -0.3 is 9.64 Å². The summed E-state index contributed by atoms with van der Waals surface area (Å²) in [5.74, 6) is 0.916. The molecule has 0 spiro atoms. The van der Waals surface area contributed by atoms with Crippen LogP contribution in [-0.4, -0.2) is 24.8 Å². The fraction of sp³-hybridized carbons (Fsp3) is 0.250. The second kappa shape index (κ2) is 5.20. The molecule has 3 heteroatoms. The lowest BCUT2D eigenvalue weighted by Crippen LogP contribution is -2.11. The molecule has 0 saturated carbocycles. The van der Waals surface area contributed by atoms with Gasteiger partial charge in [-0.1, -0.05) is 18.2 Å². The summed E-state index contributed by atoms with van der Waals surface area (Å²) in [4.78, 5) is 13.0. The standard InChI is InChI=1S/C12H15NO2/c1-10(14)12(9-13(2)3)15-11-7-5-4-6-8-11/h4-9H,1-3H3. The Kier molecular flexibility index (Phi) is 3.92. The first-order valence-electron chi connectivity index (χ1n) is 4.71. The van der Waals surface area contributed by atoms with Crippen molar-refractivity contribution in [2.24, 2.45) is 0 Å². The van der Waals surface area contributed by atoms with E-state index in [0.717, 1.165) is 0 Å². The number of hydrogen-bond donors (Lipinski definition) is 0. The molecule has 0 amide bonds. The number of Topliss-reactive ketones (excluding diaryl/α,β-unsaturated/α-hetero) is 1. The van der Waals surface area contributed by atoms with Crippen LogP contribution in [0.3, 0.4) is 0 Å². The molecule has 0 aliphatic heterocycles. The van der Waals surface area contributed by atoms with E-state index in [0.29, 0.717) is 11.5 Å². The van der Waals surface area contributed by atoms with Crippen molar-refractivity contribution in [3.8, 4) is 5.75 Å². The average molecular weight is 205 g/mol. The highest BCUT2D eigenvalue weighted by molar-refractivity contribution is 5.91. The zero-order chi connectivity index (χ0) is 11.3. The van der Waals surface area contributed by atoms with E-state index in [2.05, 4.69) is 0 Å². The van der Waals surface area contributed by atoms with E-state index < -0.39 is 0 Å². The molecule has 0 fully saturated rings. The van der Waals surface area contributed by atoms with E-state index in [1.807, 2.05) is 44.4 Å². The van der Waals surface area contributed by atoms with Gasteiger partial charge in [-0.2, -0.15) is 0 Å². The first kappa shape index (κ1) is 11.3. The van der Waals surface area contributed by atoms with Crippen LogP contribution >= 0.6 is 0 Å². The quantitative estimate of drug-likeness (QED) is 0.556. The Morgan fingerprint density at radius 1 is 1.27 bits per heavy atom. The monoisotopic (exact) mass is 205 g/mol. The van der Waals surface area contributed by atoms with Gasteiger partial charge >= 0.3 is 0 Å². The third-order valence-electron chi connectivity index (χ3n) is 1.69. The van der Waals surface area contributed by atoms with E-state index in [4.69, 9.17) is 4.74 Å². The van der Waals surface area contributed by atoms with Crippen molar-refractivity contribution < 1.29 is 9.53 Å². The second-order valence-corrected chi connectivity index (χ2v) is 3.43. The normalized spacial score (nSPS) is 11.0. The first-order chi connectivity index (χ1) is 7.09. The molecule has 0 atom stereocenters. The lowest BCUT2D eigenvalue weighted by Gasteiger charge is -2.10. The highest BCUT2D eigenvalue weighted by Crippen LogP contribution is 2.13. The van der Waals surface area contributed by atoms with Gasteiger partial charge in [-0.05, 0) is 12.1 Å². The molecular weight excluding hydrogens is 190 g/mol. The Morgan fingerprint density at radius 2 is 1.87 bits per heavy atom. The number of carbonyl (C=O) groups excluding carboxylic acids is 1. The number of para-hydroxylation sites is 1. The Bertz CT molecular complexity index is 355. The maximum absolute atomic E-state index is 11.3. The van der Waals surface area contributed by atoms with Gasteiger partial charge in [-0.3, -0.25) is 4.79 Å². The van der Waals surface area contributed by atoms with E-state index in [1.54, 1.807) is 11.1 Å². The summed E-state index contributed by atoms with van der Waals surface area (Å²) in [5.41, 5.74) is 0. The van der Waals surface area contributed by atoms with Gasteiger partial charge in [0.25, 0.3) is 0 Å². The van der Waals surface area contributed by atoms with E-state index in [9.17, 15) is 4.79 Å². The molecular formula is C12H15NO2. The minimum absolute atomic E-state index is 0.0902. The summed E-state index contributed by atoms with van der Waals surface area (Å²) in [5, 5.41) is 0. The molecule has 0 bridgehead atoms. The molecule has 1 aromatic rings. The smallest absolute Gasteiger partial charge is 0.196 e. The molecule has 3 nitrogen and oxygen atoms in total. The van der Waals surface area contributed by atoms with Crippen LogP contribution in [0.25, 0.3) is 0 Å². The predicted molar refractivity (Wildman–Crippen MR) is 59.5 cm³/mol. The van der Waals surface area contributed by atoms with Crippen LogP contribution in [0, 0.1) is 0 Å². The van der Waals surface area contributed by atoms with Crippen LogP contribution in [0.5, 0.6) is 5.75 Å². The van der Waals surface area contributed by atoms with Crippen LogP contribution in [0.1, 0.15) is 6.92 Å². The summed E-state index contributed by atoms with van der Waals surface area (Å²) < 4.78 is 5.46. The van der Waals surface area contributed by atoms with Gasteiger partial charge in [0.05, 0.1) is 0 Å². The molecule has 1 aromatic carbocycles. The van der Waals surface area contributed by atoms with Gasteiger partial charge in [-0.25, -0.2) is 0 Å². The molecule has 0 aliphatic carbocycles. The van der Waals surface area contributed by atoms with E-state index in [-0.39, 0.29) is 5.78 Å². The van der Waals surface area contributed by atoms with Gasteiger partial charge in [0.15, 0.2) is 11.5 Å². The van der Waals surface area contributed by atoms with Gasteiger partial charge in [0.1, 0.15) is 5.75 Å². The Labute approximate surface area is 90.0 Å².